The molecule has 14 heavy (non-hydrogen) atoms. The minimum atomic E-state index is -0.933. The number of hydrogen-bond acceptors (Lipinski definition) is 2. The molecule has 3 nitrogen and oxygen atoms in total. The maximum atomic E-state index is 10.4. The van der Waals surface area contributed by atoms with Gasteiger partial charge < -0.3 is 10.8 Å². The molecule has 0 saturated carbocycles. The molecule has 0 aromatic heterocycles. The lowest BCUT2D eigenvalue weighted by molar-refractivity contribution is -0.138. The molecule has 76 valence electrons. The Hall–Kier alpha value is -1.35. The summed E-state index contributed by atoms with van der Waals surface area (Å²) in [6.07, 6.45) is 1.20. The monoisotopic (exact) mass is 193 g/mol. The second-order valence-electron chi connectivity index (χ2n) is 3.47. The molecule has 0 spiro atoms. The highest BCUT2D eigenvalue weighted by Crippen LogP contribution is 2.06. The molecule has 0 aliphatic carbocycles. The van der Waals surface area contributed by atoms with E-state index >= 15 is 0 Å². The van der Waals surface area contributed by atoms with E-state index in [1.165, 1.54) is 5.56 Å². The van der Waals surface area contributed by atoms with Crippen molar-refractivity contribution in [3.05, 3.63) is 35.4 Å². The zero-order valence-corrected chi connectivity index (χ0v) is 8.23. The normalized spacial score (nSPS) is 12.4. The Morgan fingerprint density at radius 2 is 2.00 bits per heavy atom. The van der Waals surface area contributed by atoms with Crippen LogP contribution in [0.15, 0.2) is 24.3 Å². The van der Waals surface area contributed by atoms with Crippen LogP contribution < -0.4 is 5.73 Å². The zero-order chi connectivity index (χ0) is 10.6. The van der Waals surface area contributed by atoms with Crippen molar-refractivity contribution in [3.8, 4) is 0 Å². The summed E-state index contributed by atoms with van der Waals surface area (Å²) < 4.78 is 0. The van der Waals surface area contributed by atoms with Gasteiger partial charge in [-0.15, -0.1) is 0 Å². The highest BCUT2D eigenvalue weighted by molar-refractivity contribution is 5.73. The summed E-state index contributed by atoms with van der Waals surface area (Å²) in [7, 11) is 0. The fraction of sp³-hybridized carbons (Fsp3) is 0.364. The van der Waals surface area contributed by atoms with Crippen molar-refractivity contribution in [2.24, 2.45) is 5.73 Å². The lowest BCUT2D eigenvalue weighted by Crippen LogP contribution is -2.30. The Morgan fingerprint density at radius 3 is 2.50 bits per heavy atom. The molecule has 0 fully saturated rings. The lowest BCUT2D eigenvalue weighted by Gasteiger charge is -2.06. The summed E-state index contributed by atoms with van der Waals surface area (Å²) >= 11 is 0. The van der Waals surface area contributed by atoms with Gasteiger partial charge in [0.15, 0.2) is 0 Å². The Labute approximate surface area is 83.6 Å². The maximum Gasteiger partial charge on any atom is 0.320 e. The molecular weight excluding hydrogens is 178 g/mol. The summed E-state index contributed by atoms with van der Waals surface area (Å²) in [5.41, 5.74) is 7.73. The smallest absolute Gasteiger partial charge is 0.320 e. The van der Waals surface area contributed by atoms with Crippen LogP contribution in [0.2, 0.25) is 0 Å². The van der Waals surface area contributed by atoms with Gasteiger partial charge in [-0.1, -0.05) is 29.8 Å². The van der Waals surface area contributed by atoms with Crippen molar-refractivity contribution in [1.82, 2.24) is 0 Å². The molecule has 0 amide bonds. The van der Waals surface area contributed by atoms with Gasteiger partial charge in [0.05, 0.1) is 0 Å². The SMILES string of the molecule is Cc1ccc(CCC(N)C(=O)O)cc1. The van der Waals surface area contributed by atoms with Crippen LogP contribution in [0.1, 0.15) is 17.5 Å². The fourth-order valence-corrected chi connectivity index (χ4v) is 1.20. The van der Waals surface area contributed by atoms with Crippen LogP contribution in [0.4, 0.5) is 0 Å². The van der Waals surface area contributed by atoms with Crippen LogP contribution in [0, 0.1) is 6.92 Å². The largest absolute Gasteiger partial charge is 0.480 e. The Bertz CT molecular complexity index is 306. The summed E-state index contributed by atoms with van der Waals surface area (Å²) in [5.74, 6) is -0.933. The minimum absolute atomic E-state index is 0.485. The van der Waals surface area contributed by atoms with Crippen LogP contribution in [-0.2, 0) is 11.2 Å². The number of rotatable bonds is 4. The summed E-state index contributed by atoms with van der Waals surface area (Å²) in [6.45, 7) is 2.02. The highest BCUT2D eigenvalue weighted by atomic mass is 16.4. The molecule has 3 heteroatoms. The highest BCUT2D eigenvalue weighted by Gasteiger charge is 2.10. The van der Waals surface area contributed by atoms with Gasteiger partial charge in [-0.05, 0) is 25.3 Å². The Kier molecular flexibility index (Phi) is 3.65. The summed E-state index contributed by atoms with van der Waals surface area (Å²) in [6, 6.07) is 7.29. The molecule has 0 bridgehead atoms. The van der Waals surface area contributed by atoms with Crippen molar-refractivity contribution in [3.63, 3.8) is 0 Å². The number of aryl methyl sites for hydroxylation is 2. The van der Waals surface area contributed by atoms with Crippen molar-refractivity contribution in [1.29, 1.82) is 0 Å². The molecule has 1 atom stereocenters. The second kappa shape index (κ2) is 4.77. The van der Waals surface area contributed by atoms with Gasteiger partial charge in [0.1, 0.15) is 6.04 Å². The first-order valence-electron chi connectivity index (χ1n) is 4.63. The molecule has 0 aliphatic rings. The van der Waals surface area contributed by atoms with E-state index in [2.05, 4.69) is 0 Å². The van der Waals surface area contributed by atoms with E-state index < -0.39 is 12.0 Å². The molecule has 3 N–H and O–H groups in total. The average Bonchev–Trinajstić information content (AvgIpc) is 2.16. The van der Waals surface area contributed by atoms with Gasteiger partial charge in [0.25, 0.3) is 0 Å². The van der Waals surface area contributed by atoms with Gasteiger partial charge in [-0.25, -0.2) is 0 Å². The lowest BCUT2D eigenvalue weighted by atomic mass is 10.0. The third-order valence-electron chi connectivity index (χ3n) is 2.18. The van der Waals surface area contributed by atoms with Crippen molar-refractivity contribution >= 4 is 5.97 Å². The molecule has 0 saturated heterocycles. The number of aliphatic carboxylic acids is 1. The van der Waals surface area contributed by atoms with Crippen molar-refractivity contribution in [2.75, 3.05) is 0 Å². The molecule has 0 heterocycles. The molecule has 1 aromatic rings. The number of carboxylic acids is 1. The first-order valence-corrected chi connectivity index (χ1v) is 4.63. The minimum Gasteiger partial charge on any atom is -0.480 e. The molecule has 1 unspecified atom stereocenters. The first kappa shape index (κ1) is 10.7. The molecular formula is C11H15NO2. The van der Waals surface area contributed by atoms with E-state index in [-0.39, 0.29) is 0 Å². The van der Waals surface area contributed by atoms with Gasteiger partial charge in [0, 0.05) is 0 Å². The predicted octanol–water partition coefficient (Wildman–Crippen LogP) is 1.34. The molecule has 0 radical (unpaired) electrons. The standard InChI is InChI=1S/C11H15NO2/c1-8-2-4-9(5-3-8)6-7-10(12)11(13)14/h2-5,10H,6-7,12H2,1H3,(H,13,14). The quantitative estimate of drug-likeness (QED) is 0.758. The van der Waals surface area contributed by atoms with Gasteiger partial charge in [-0.3, -0.25) is 4.79 Å². The molecule has 1 rings (SSSR count). The number of hydrogen-bond donors (Lipinski definition) is 2. The van der Waals surface area contributed by atoms with Crippen LogP contribution in [-0.4, -0.2) is 17.1 Å². The third kappa shape index (κ3) is 3.18. The Morgan fingerprint density at radius 1 is 1.43 bits per heavy atom. The number of carbonyl (C=O) groups is 1. The Balaban J connectivity index is 2.46. The average molecular weight is 193 g/mol. The van der Waals surface area contributed by atoms with Crippen LogP contribution in [0.3, 0.4) is 0 Å². The van der Waals surface area contributed by atoms with Crippen molar-refractivity contribution < 1.29 is 9.90 Å². The van der Waals surface area contributed by atoms with E-state index in [0.29, 0.717) is 12.8 Å². The molecule has 1 aromatic carbocycles. The van der Waals surface area contributed by atoms with E-state index in [1.54, 1.807) is 0 Å². The predicted molar refractivity (Wildman–Crippen MR) is 55.1 cm³/mol. The fourth-order valence-electron chi connectivity index (χ4n) is 1.20. The maximum absolute atomic E-state index is 10.4. The first-order chi connectivity index (χ1) is 6.59. The van der Waals surface area contributed by atoms with E-state index in [4.69, 9.17) is 10.8 Å². The number of carboxylic acid groups (broad SMARTS) is 1. The van der Waals surface area contributed by atoms with Crippen LogP contribution in [0.5, 0.6) is 0 Å². The van der Waals surface area contributed by atoms with E-state index in [1.807, 2.05) is 31.2 Å². The van der Waals surface area contributed by atoms with Gasteiger partial charge in [0.2, 0.25) is 0 Å². The number of benzene rings is 1. The topological polar surface area (TPSA) is 63.3 Å². The van der Waals surface area contributed by atoms with E-state index in [0.717, 1.165) is 5.56 Å². The van der Waals surface area contributed by atoms with Crippen molar-refractivity contribution in [2.45, 2.75) is 25.8 Å². The van der Waals surface area contributed by atoms with Crippen LogP contribution in [0.25, 0.3) is 0 Å². The zero-order valence-electron chi connectivity index (χ0n) is 8.23. The second-order valence-corrected chi connectivity index (χ2v) is 3.47. The van der Waals surface area contributed by atoms with Gasteiger partial charge in [-0.2, -0.15) is 0 Å². The molecule has 0 aliphatic heterocycles. The summed E-state index contributed by atoms with van der Waals surface area (Å²) in [4.78, 5) is 10.4. The summed E-state index contributed by atoms with van der Waals surface area (Å²) in [5, 5.41) is 8.58. The van der Waals surface area contributed by atoms with Gasteiger partial charge >= 0.3 is 5.97 Å². The number of nitrogens with two attached hydrogens (primary N) is 1. The van der Waals surface area contributed by atoms with Crippen LogP contribution >= 0.6 is 0 Å². The third-order valence-corrected chi connectivity index (χ3v) is 2.18. The van der Waals surface area contributed by atoms with E-state index in [9.17, 15) is 4.79 Å².